The average molecular weight is 351 g/mol. The summed E-state index contributed by atoms with van der Waals surface area (Å²) in [6.07, 6.45) is 0.609. The Morgan fingerprint density at radius 2 is 0.955 bits per heavy atom. The third-order valence-corrected chi connectivity index (χ3v) is 12.5. The van der Waals surface area contributed by atoms with Gasteiger partial charge in [0.1, 0.15) is 0 Å². The van der Waals surface area contributed by atoms with E-state index in [-0.39, 0.29) is 24.4 Å². The highest BCUT2D eigenvalue weighted by molar-refractivity contribution is 6.85. The number of hydrogen-bond donors (Lipinski definition) is 0. The molecule has 0 fully saturated rings. The Hall–Kier alpha value is 0.274. The van der Waals surface area contributed by atoms with Crippen molar-refractivity contribution in [2.24, 2.45) is 0 Å². The summed E-state index contributed by atoms with van der Waals surface area (Å²) in [5.74, 6) is 0. The van der Waals surface area contributed by atoms with E-state index in [1.54, 1.807) is 0 Å². The highest BCUT2D eigenvalue weighted by Crippen LogP contribution is 2.31. The minimum atomic E-state index is -2.35. The Morgan fingerprint density at radius 3 is 1.18 bits per heavy atom. The van der Waals surface area contributed by atoms with Gasteiger partial charge in [0.25, 0.3) is 0 Å². The molecule has 134 valence electrons. The summed E-state index contributed by atoms with van der Waals surface area (Å²) >= 11 is 0. The Balaban J connectivity index is 5.40. The fourth-order valence-electron chi connectivity index (χ4n) is 2.86. The molecule has 0 aliphatic rings. The Kier molecular flexibility index (Phi) is 9.66. The first kappa shape index (κ1) is 22.3. The van der Waals surface area contributed by atoms with Crippen molar-refractivity contribution in [1.82, 2.24) is 0 Å². The van der Waals surface area contributed by atoms with Crippen LogP contribution in [0.2, 0.25) is 18.3 Å². The molecule has 4 nitrogen and oxygen atoms in total. The van der Waals surface area contributed by atoms with Gasteiger partial charge >= 0.3 is 17.1 Å². The maximum atomic E-state index is 6.35. The van der Waals surface area contributed by atoms with Gasteiger partial charge in [-0.1, -0.05) is 6.92 Å². The van der Waals surface area contributed by atoms with Gasteiger partial charge in [-0.15, -0.1) is 0 Å². The van der Waals surface area contributed by atoms with Crippen LogP contribution in [0.4, 0.5) is 0 Å². The van der Waals surface area contributed by atoms with Crippen molar-refractivity contribution in [2.75, 3.05) is 0 Å². The number of hydrogen-bond acceptors (Lipinski definition) is 4. The van der Waals surface area contributed by atoms with Gasteiger partial charge in [0.2, 0.25) is 0 Å². The van der Waals surface area contributed by atoms with E-state index in [4.69, 9.17) is 17.7 Å². The second kappa shape index (κ2) is 9.54. The zero-order valence-electron chi connectivity index (χ0n) is 16.4. The van der Waals surface area contributed by atoms with Crippen LogP contribution in [-0.2, 0) is 17.7 Å². The largest absolute Gasteiger partial charge is 0.392 e. The first-order valence-corrected chi connectivity index (χ1v) is 13.4. The molecule has 0 bridgehead atoms. The summed E-state index contributed by atoms with van der Waals surface area (Å²) in [6.45, 7) is 20.9. The molecule has 0 heterocycles. The molecular weight excluding hydrogens is 312 g/mol. The molecule has 22 heavy (non-hydrogen) atoms. The molecule has 0 aromatic rings. The lowest BCUT2D eigenvalue weighted by atomic mass is 10.5. The highest BCUT2D eigenvalue weighted by Gasteiger charge is 2.49. The molecule has 0 aromatic heterocycles. The summed E-state index contributed by atoms with van der Waals surface area (Å²) in [6, 6.07) is 0.912. The molecule has 0 amide bonds. The maximum Gasteiger partial charge on any atom is 0.340 e. The minimum absolute atomic E-state index is 0.150. The Labute approximate surface area is 140 Å². The normalized spacial score (nSPS) is 13.9. The van der Waals surface area contributed by atoms with Crippen molar-refractivity contribution in [3.63, 3.8) is 0 Å². The van der Waals surface area contributed by atoms with Crippen LogP contribution in [0.1, 0.15) is 62.3 Å². The van der Waals surface area contributed by atoms with Gasteiger partial charge in [-0.3, -0.25) is 0 Å². The van der Waals surface area contributed by atoms with Crippen molar-refractivity contribution in [1.29, 1.82) is 0 Å². The van der Waals surface area contributed by atoms with Gasteiger partial charge in [0.05, 0.1) is 0 Å². The van der Waals surface area contributed by atoms with Crippen LogP contribution in [0, 0.1) is 0 Å². The number of rotatable bonds is 11. The minimum Gasteiger partial charge on any atom is -0.392 e. The van der Waals surface area contributed by atoms with Crippen LogP contribution in [0.15, 0.2) is 0 Å². The zero-order valence-corrected chi connectivity index (χ0v) is 18.4. The molecule has 6 heteroatoms. The van der Waals surface area contributed by atoms with E-state index in [1.807, 2.05) is 0 Å². The topological polar surface area (TPSA) is 36.9 Å². The van der Waals surface area contributed by atoms with E-state index in [2.05, 4.69) is 68.9 Å². The first-order valence-electron chi connectivity index (χ1n) is 8.65. The van der Waals surface area contributed by atoms with E-state index in [1.165, 1.54) is 0 Å². The third-order valence-electron chi connectivity index (χ3n) is 3.00. The van der Waals surface area contributed by atoms with Gasteiger partial charge in [-0.05, 0) is 68.0 Å². The third kappa shape index (κ3) is 8.79. The lowest BCUT2D eigenvalue weighted by molar-refractivity contribution is 0.0900. The molecule has 0 atom stereocenters. The standard InChI is InChI=1S/C16H38O4Si2/c1-11-22(19-15(6)7,20-16(8)9)12-21(10,17-13(2)3)18-14(4)5/h13-16H,11-12H2,1-10H3. The fraction of sp³-hybridized carbons (Fsp3) is 1.00. The molecule has 0 saturated heterocycles. The Bertz CT molecular complexity index is 287. The van der Waals surface area contributed by atoms with Crippen molar-refractivity contribution in [3.8, 4) is 0 Å². The molecule has 0 radical (unpaired) electrons. The maximum absolute atomic E-state index is 6.35. The van der Waals surface area contributed by atoms with Gasteiger partial charge in [0, 0.05) is 30.1 Å². The summed E-state index contributed by atoms with van der Waals surface area (Å²) in [4.78, 5) is 0. The molecule has 0 saturated carbocycles. The molecule has 0 aliphatic carbocycles. The Morgan fingerprint density at radius 1 is 0.636 bits per heavy atom. The molecule has 0 rings (SSSR count). The van der Waals surface area contributed by atoms with E-state index < -0.39 is 17.1 Å². The van der Waals surface area contributed by atoms with Gasteiger partial charge in [-0.25, -0.2) is 0 Å². The first-order chi connectivity index (χ1) is 9.93. The van der Waals surface area contributed by atoms with Crippen LogP contribution >= 0.6 is 0 Å². The smallest absolute Gasteiger partial charge is 0.340 e. The van der Waals surface area contributed by atoms with Crippen molar-refractivity contribution in [3.05, 3.63) is 0 Å². The van der Waals surface area contributed by atoms with Crippen molar-refractivity contribution >= 4 is 17.1 Å². The van der Waals surface area contributed by atoms with Gasteiger partial charge in [-0.2, -0.15) is 0 Å². The van der Waals surface area contributed by atoms with Crippen LogP contribution in [0.5, 0.6) is 0 Å². The van der Waals surface area contributed by atoms with E-state index in [9.17, 15) is 0 Å². The summed E-state index contributed by atoms with van der Waals surface area (Å²) in [7, 11) is -4.71. The predicted octanol–water partition coefficient (Wildman–Crippen LogP) is 4.76. The summed E-state index contributed by atoms with van der Waals surface area (Å²) in [5, 5.41) is 0. The van der Waals surface area contributed by atoms with E-state index >= 15 is 0 Å². The van der Waals surface area contributed by atoms with Crippen LogP contribution in [-0.4, -0.2) is 41.5 Å². The van der Waals surface area contributed by atoms with Crippen LogP contribution in [0.3, 0.4) is 0 Å². The van der Waals surface area contributed by atoms with E-state index in [0.29, 0.717) is 0 Å². The molecule has 0 aliphatic heterocycles. The van der Waals surface area contributed by atoms with Gasteiger partial charge in [0.15, 0.2) is 0 Å². The summed E-state index contributed by atoms with van der Waals surface area (Å²) in [5.41, 5.74) is 0.809. The highest BCUT2D eigenvalue weighted by atomic mass is 28.4. The second-order valence-corrected chi connectivity index (χ2v) is 14.4. The van der Waals surface area contributed by atoms with Gasteiger partial charge < -0.3 is 17.7 Å². The molecular formula is C16H38O4Si2. The van der Waals surface area contributed by atoms with Crippen LogP contribution in [0.25, 0.3) is 0 Å². The summed E-state index contributed by atoms with van der Waals surface area (Å²) < 4.78 is 25.2. The fourth-order valence-corrected chi connectivity index (χ4v) is 13.3. The second-order valence-electron chi connectivity index (χ2n) is 7.24. The lowest BCUT2D eigenvalue weighted by Gasteiger charge is -2.40. The monoisotopic (exact) mass is 350 g/mol. The zero-order chi connectivity index (χ0) is 17.6. The predicted molar refractivity (Wildman–Crippen MR) is 97.5 cm³/mol. The molecule has 0 aromatic carbocycles. The van der Waals surface area contributed by atoms with Crippen molar-refractivity contribution in [2.45, 2.75) is 105 Å². The van der Waals surface area contributed by atoms with Crippen molar-refractivity contribution < 1.29 is 17.7 Å². The van der Waals surface area contributed by atoms with Crippen LogP contribution < -0.4 is 0 Å². The molecule has 0 spiro atoms. The van der Waals surface area contributed by atoms with E-state index in [0.717, 1.165) is 11.7 Å². The quantitative estimate of drug-likeness (QED) is 0.503. The molecule has 0 unspecified atom stereocenters. The lowest BCUT2D eigenvalue weighted by Crippen LogP contribution is -2.56. The molecule has 0 N–H and O–H groups in total. The average Bonchev–Trinajstić information content (AvgIpc) is 2.23. The SMILES string of the molecule is CC[Si](C[Si](C)(OC(C)C)OC(C)C)(OC(C)C)OC(C)C.